The van der Waals surface area contributed by atoms with E-state index < -0.39 is 0 Å². The summed E-state index contributed by atoms with van der Waals surface area (Å²) in [6.07, 6.45) is 7.02. The molecule has 0 bridgehead atoms. The van der Waals surface area contributed by atoms with Crippen molar-refractivity contribution in [1.29, 1.82) is 0 Å². The van der Waals surface area contributed by atoms with Crippen LogP contribution in [-0.4, -0.2) is 38.2 Å². The Morgan fingerprint density at radius 2 is 1.85 bits per heavy atom. The monoisotopic (exact) mass is 276 g/mol. The number of nitrogens with one attached hydrogen (secondary N) is 1. The number of ether oxygens (including phenoxy) is 1. The normalized spacial score (nSPS) is 16.6. The van der Waals surface area contributed by atoms with Gasteiger partial charge in [0.25, 0.3) is 0 Å². The van der Waals surface area contributed by atoms with Gasteiger partial charge >= 0.3 is 0 Å². The lowest BCUT2D eigenvalue weighted by Crippen LogP contribution is -2.38. The van der Waals surface area contributed by atoms with Gasteiger partial charge in [-0.05, 0) is 37.6 Å². The Balaban J connectivity index is 1.62. The number of likely N-dealkylation sites (N-methyl/N-ethyl adjacent to an activating group) is 1. The van der Waals surface area contributed by atoms with Gasteiger partial charge in [0.1, 0.15) is 5.75 Å². The van der Waals surface area contributed by atoms with Crippen LogP contribution in [-0.2, 0) is 6.54 Å². The van der Waals surface area contributed by atoms with Crippen LogP contribution >= 0.6 is 0 Å². The zero-order valence-electron chi connectivity index (χ0n) is 12.9. The van der Waals surface area contributed by atoms with E-state index in [1.807, 2.05) is 12.1 Å². The highest BCUT2D eigenvalue weighted by atomic mass is 16.5. The first-order valence-electron chi connectivity index (χ1n) is 7.83. The van der Waals surface area contributed by atoms with Crippen molar-refractivity contribution >= 4 is 0 Å². The van der Waals surface area contributed by atoms with Gasteiger partial charge in [-0.1, -0.05) is 31.4 Å². The minimum atomic E-state index is 0.812. The first-order chi connectivity index (χ1) is 9.79. The maximum atomic E-state index is 5.17. The summed E-state index contributed by atoms with van der Waals surface area (Å²) in [5.41, 5.74) is 1.31. The third kappa shape index (κ3) is 4.80. The summed E-state index contributed by atoms with van der Waals surface area (Å²) in [6, 6.07) is 9.09. The van der Waals surface area contributed by atoms with Crippen molar-refractivity contribution in [3.05, 3.63) is 29.8 Å². The van der Waals surface area contributed by atoms with Crippen LogP contribution in [0.25, 0.3) is 0 Å². The van der Waals surface area contributed by atoms with E-state index >= 15 is 0 Å². The van der Waals surface area contributed by atoms with E-state index in [1.165, 1.54) is 37.7 Å². The van der Waals surface area contributed by atoms with E-state index in [1.54, 1.807) is 7.11 Å². The molecule has 0 amide bonds. The Bertz CT molecular complexity index is 371. The number of methoxy groups -OCH3 is 1. The van der Waals surface area contributed by atoms with Gasteiger partial charge in [-0.15, -0.1) is 0 Å². The van der Waals surface area contributed by atoms with Crippen LogP contribution in [0, 0.1) is 0 Å². The SMILES string of the molecule is COc1ccc(CNCCN(C)C2CCCCC2)cc1. The summed E-state index contributed by atoms with van der Waals surface area (Å²) in [5, 5.41) is 3.53. The molecule has 0 radical (unpaired) electrons. The fourth-order valence-electron chi connectivity index (χ4n) is 2.94. The number of nitrogens with zero attached hydrogens (tertiary/aromatic N) is 1. The van der Waals surface area contributed by atoms with Gasteiger partial charge in [0.15, 0.2) is 0 Å². The highest BCUT2D eigenvalue weighted by Gasteiger charge is 2.16. The largest absolute Gasteiger partial charge is 0.497 e. The molecule has 2 rings (SSSR count). The molecule has 0 heterocycles. The maximum Gasteiger partial charge on any atom is 0.118 e. The summed E-state index contributed by atoms with van der Waals surface area (Å²) in [4.78, 5) is 2.53. The van der Waals surface area contributed by atoms with Gasteiger partial charge < -0.3 is 15.0 Å². The van der Waals surface area contributed by atoms with Crippen molar-refractivity contribution in [2.45, 2.75) is 44.7 Å². The Morgan fingerprint density at radius 3 is 2.50 bits per heavy atom. The summed E-state index contributed by atoms with van der Waals surface area (Å²) in [7, 11) is 3.97. The lowest BCUT2D eigenvalue weighted by molar-refractivity contribution is 0.192. The van der Waals surface area contributed by atoms with Gasteiger partial charge in [-0.25, -0.2) is 0 Å². The molecule has 0 spiro atoms. The molecule has 112 valence electrons. The molecule has 3 heteroatoms. The van der Waals surface area contributed by atoms with Crippen molar-refractivity contribution in [2.75, 3.05) is 27.2 Å². The smallest absolute Gasteiger partial charge is 0.118 e. The standard InChI is InChI=1S/C17H28N2O/c1-19(16-6-4-3-5-7-16)13-12-18-14-15-8-10-17(20-2)11-9-15/h8-11,16,18H,3-7,12-14H2,1-2H3. The molecule has 0 atom stereocenters. The highest BCUT2D eigenvalue weighted by molar-refractivity contribution is 5.26. The fraction of sp³-hybridized carbons (Fsp3) is 0.647. The first kappa shape index (κ1) is 15.3. The molecule has 20 heavy (non-hydrogen) atoms. The number of hydrogen-bond acceptors (Lipinski definition) is 3. The van der Waals surface area contributed by atoms with Gasteiger partial charge in [-0.3, -0.25) is 0 Å². The molecule has 1 saturated carbocycles. The molecule has 1 aromatic rings. The Labute approximate surface area is 123 Å². The van der Waals surface area contributed by atoms with Crippen LogP contribution < -0.4 is 10.1 Å². The molecule has 1 aromatic carbocycles. The van der Waals surface area contributed by atoms with Crippen molar-refractivity contribution in [3.8, 4) is 5.75 Å². The molecule has 1 aliphatic rings. The molecule has 1 N–H and O–H groups in total. The number of hydrogen-bond donors (Lipinski definition) is 1. The minimum absolute atomic E-state index is 0.812. The Kier molecular flexibility index (Phi) is 6.34. The van der Waals surface area contributed by atoms with E-state index in [4.69, 9.17) is 4.74 Å². The van der Waals surface area contributed by atoms with E-state index in [0.717, 1.165) is 31.4 Å². The summed E-state index contributed by atoms with van der Waals surface area (Å²) >= 11 is 0. The van der Waals surface area contributed by atoms with Crippen molar-refractivity contribution in [3.63, 3.8) is 0 Å². The van der Waals surface area contributed by atoms with Crippen molar-refractivity contribution < 1.29 is 4.74 Å². The summed E-state index contributed by atoms with van der Waals surface area (Å²) in [5.74, 6) is 0.922. The third-order valence-corrected chi connectivity index (χ3v) is 4.33. The second-order valence-electron chi connectivity index (χ2n) is 5.80. The molecule has 1 fully saturated rings. The predicted molar refractivity (Wildman–Crippen MR) is 84.2 cm³/mol. The molecule has 1 aliphatic carbocycles. The molecular formula is C17H28N2O. The highest BCUT2D eigenvalue weighted by Crippen LogP contribution is 2.21. The molecule has 0 aromatic heterocycles. The average molecular weight is 276 g/mol. The van der Waals surface area contributed by atoms with Crippen molar-refractivity contribution in [1.82, 2.24) is 10.2 Å². The Hall–Kier alpha value is -1.06. The third-order valence-electron chi connectivity index (χ3n) is 4.33. The van der Waals surface area contributed by atoms with Crippen LogP contribution in [0.15, 0.2) is 24.3 Å². The average Bonchev–Trinajstić information content (AvgIpc) is 2.53. The van der Waals surface area contributed by atoms with E-state index in [0.29, 0.717) is 0 Å². The molecule has 3 nitrogen and oxygen atoms in total. The minimum Gasteiger partial charge on any atom is -0.497 e. The topological polar surface area (TPSA) is 24.5 Å². The summed E-state index contributed by atoms with van der Waals surface area (Å²) in [6.45, 7) is 3.13. The molecule has 0 aliphatic heterocycles. The van der Waals surface area contributed by atoms with Crippen LogP contribution in [0.1, 0.15) is 37.7 Å². The lowest BCUT2D eigenvalue weighted by Gasteiger charge is -2.31. The van der Waals surface area contributed by atoms with Crippen LogP contribution in [0.4, 0.5) is 0 Å². The lowest BCUT2D eigenvalue weighted by atomic mass is 9.94. The first-order valence-corrected chi connectivity index (χ1v) is 7.83. The second kappa shape index (κ2) is 8.28. The molecular weight excluding hydrogens is 248 g/mol. The molecule has 0 unspecified atom stereocenters. The van der Waals surface area contributed by atoms with Gasteiger partial charge in [0, 0.05) is 25.7 Å². The van der Waals surface area contributed by atoms with Gasteiger partial charge in [-0.2, -0.15) is 0 Å². The summed E-state index contributed by atoms with van der Waals surface area (Å²) < 4.78 is 5.17. The van der Waals surface area contributed by atoms with Crippen LogP contribution in [0.5, 0.6) is 5.75 Å². The van der Waals surface area contributed by atoms with E-state index in [9.17, 15) is 0 Å². The fourth-order valence-corrected chi connectivity index (χ4v) is 2.94. The van der Waals surface area contributed by atoms with Gasteiger partial charge in [0.05, 0.1) is 7.11 Å². The van der Waals surface area contributed by atoms with Crippen molar-refractivity contribution in [2.24, 2.45) is 0 Å². The predicted octanol–water partition coefficient (Wildman–Crippen LogP) is 3.05. The van der Waals surface area contributed by atoms with E-state index in [2.05, 4.69) is 29.4 Å². The van der Waals surface area contributed by atoms with Crippen LogP contribution in [0.2, 0.25) is 0 Å². The van der Waals surface area contributed by atoms with Crippen LogP contribution in [0.3, 0.4) is 0 Å². The maximum absolute atomic E-state index is 5.17. The number of rotatable bonds is 7. The Morgan fingerprint density at radius 1 is 1.15 bits per heavy atom. The van der Waals surface area contributed by atoms with Gasteiger partial charge in [0.2, 0.25) is 0 Å². The quantitative estimate of drug-likeness (QED) is 0.775. The zero-order chi connectivity index (χ0) is 14.2. The van der Waals surface area contributed by atoms with E-state index in [-0.39, 0.29) is 0 Å². The second-order valence-corrected chi connectivity index (χ2v) is 5.80. The molecule has 0 saturated heterocycles. The number of benzene rings is 1. The zero-order valence-corrected chi connectivity index (χ0v) is 12.9.